The topological polar surface area (TPSA) is 67.3 Å². The number of nitrogens with zero attached hydrogens (tertiary/aromatic N) is 2. The lowest BCUT2D eigenvalue weighted by Gasteiger charge is -2.23. The first-order valence-corrected chi connectivity index (χ1v) is 12.2. The van der Waals surface area contributed by atoms with Gasteiger partial charge in [-0.3, -0.25) is 9.78 Å². The Morgan fingerprint density at radius 1 is 1.12 bits per heavy atom. The largest absolute Gasteiger partial charge is 0.298 e. The van der Waals surface area contributed by atoms with E-state index >= 15 is 0 Å². The van der Waals surface area contributed by atoms with Crippen molar-refractivity contribution in [2.45, 2.75) is 36.6 Å². The van der Waals surface area contributed by atoms with Gasteiger partial charge in [-0.2, -0.15) is 4.31 Å². The Bertz CT molecular complexity index is 1210. The van der Waals surface area contributed by atoms with Gasteiger partial charge in [0, 0.05) is 24.7 Å². The second-order valence-corrected chi connectivity index (χ2v) is 10.1. The molecule has 0 amide bonds. The van der Waals surface area contributed by atoms with Crippen LogP contribution in [-0.4, -0.2) is 36.1 Å². The van der Waals surface area contributed by atoms with Crippen LogP contribution in [-0.2, 0) is 21.2 Å². The third kappa shape index (κ3) is 4.90. The number of pyridine rings is 1. The summed E-state index contributed by atoms with van der Waals surface area (Å²) in [5.41, 5.74) is 2.68. The van der Waals surface area contributed by atoms with Crippen LogP contribution in [0.25, 0.3) is 11.3 Å². The molecule has 1 aliphatic rings. The number of aromatic nitrogens is 1. The maximum atomic E-state index is 13.2. The SMILES string of the molecule is O=C(CCc1cccc(-c2ccc(Cl)cn2)c1)[C@@H]1CCCN1S(=O)(=O)c1ccc(F)cc1. The first kappa shape index (κ1) is 22.6. The molecule has 0 aliphatic carbocycles. The van der Waals surface area contributed by atoms with Crippen molar-refractivity contribution in [1.82, 2.24) is 9.29 Å². The zero-order chi connectivity index (χ0) is 22.7. The highest BCUT2D eigenvalue weighted by Crippen LogP contribution is 2.28. The lowest BCUT2D eigenvalue weighted by molar-refractivity contribution is -0.122. The second kappa shape index (κ2) is 9.48. The molecule has 166 valence electrons. The molecule has 2 heterocycles. The predicted molar refractivity (Wildman–Crippen MR) is 121 cm³/mol. The van der Waals surface area contributed by atoms with Crippen molar-refractivity contribution in [3.05, 3.63) is 83.3 Å². The molecule has 1 aliphatic heterocycles. The van der Waals surface area contributed by atoms with Crippen molar-refractivity contribution in [2.75, 3.05) is 6.54 Å². The smallest absolute Gasteiger partial charge is 0.243 e. The summed E-state index contributed by atoms with van der Waals surface area (Å²) in [4.78, 5) is 17.3. The van der Waals surface area contributed by atoms with E-state index in [0.29, 0.717) is 24.3 Å². The van der Waals surface area contributed by atoms with E-state index in [4.69, 9.17) is 11.6 Å². The van der Waals surface area contributed by atoms with E-state index in [9.17, 15) is 17.6 Å². The molecule has 0 unspecified atom stereocenters. The van der Waals surface area contributed by atoms with Crippen LogP contribution >= 0.6 is 11.6 Å². The van der Waals surface area contributed by atoms with Gasteiger partial charge in [-0.15, -0.1) is 0 Å². The van der Waals surface area contributed by atoms with Crippen molar-refractivity contribution in [1.29, 1.82) is 0 Å². The number of hydrogen-bond acceptors (Lipinski definition) is 4. The summed E-state index contributed by atoms with van der Waals surface area (Å²) in [6, 6.07) is 15.4. The summed E-state index contributed by atoms with van der Waals surface area (Å²) in [6.45, 7) is 0.286. The molecule has 2 aromatic carbocycles. The first-order valence-electron chi connectivity index (χ1n) is 10.4. The van der Waals surface area contributed by atoms with Crippen molar-refractivity contribution in [3.8, 4) is 11.3 Å². The molecule has 3 aromatic rings. The number of ketones is 1. The van der Waals surface area contributed by atoms with Gasteiger partial charge in [-0.1, -0.05) is 29.8 Å². The molecule has 32 heavy (non-hydrogen) atoms. The van der Waals surface area contributed by atoms with E-state index in [-0.39, 0.29) is 23.6 Å². The fraction of sp³-hybridized carbons (Fsp3) is 0.250. The number of Topliss-reactive ketones (excluding diaryl/α,β-unsaturated/α-hetero) is 1. The molecule has 0 saturated carbocycles. The molecule has 8 heteroatoms. The van der Waals surface area contributed by atoms with Crippen molar-refractivity contribution in [2.24, 2.45) is 0 Å². The Kier molecular flexibility index (Phi) is 6.69. The maximum absolute atomic E-state index is 13.2. The summed E-state index contributed by atoms with van der Waals surface area (Å²) in [6.07, 6.45) is 3.44. The Balaban J connectivity index is 1.45. The minimum atomic E-state index is -3.85. The van der Waals surface area contributed by atoms with Crippen molar-refractivity contribution < 1.29 is 17.6 Å². The van der Waals surface area contributed by atoms with Gasteiger partial charge in [0.05, 0.1) is 21.7 Å². The third-order valence-electron chi connectivity index (χ3n) is 5.61. The number of carbonyl (C=O) groups excluding carboxylic acids is 1. The van der Waals surface area contributed by atoms with Crippen molar-refractivity contribution in [3.63, 3.8) is 0 Å². The van der Waals surface area contributed by atoms with E-state index in [0.717, 1.165) is 29.0 Å². The molecule has 1 fully saturated rings. The van der Waals surface area contributed by atoms with E-state index in [1.165, 1.54) is 16.4 Å². The average molecular weight is 473 g/mol. The van der Waals surface area contributed by atoms with Crippen LogP contribution in [0.15, 0.2) is 71.8 Å². The minimum Gasteiger partial charge on any atom is -0.298 e. The van der Waals surface area contributed by atoms with Gasteiger partial charge >= 0.3 is 0 Å². The molecule has 1 saturated heterocycles. The molecule has 0 N–H and O–H groups in total. The normalized spacial score (nSPS) is 16.9. The Labute approximate surface area is 191 Å². The molecular weight excluding hydrogens is 451 g/mol. The fourth-order valence-electron chi connectivity index (χ4n) is 3.96. The highest BCUT2D eigenvalue weighted by atomic mass is 35.5. The molecule has 1 aromatic heterocycles. The summed E-state index contributed by atoms with van der Waals surface area (Å²) in [7, 11) is -3.85. The average Bonchev–Trinajstić information content (AvgIpc) is 3.30. The Morgan fingerprint density at radius 3 is 2.62 bits per heavy atom. The van der Waals surface area contributed by atoms with Gasteiger partial charge in [0.15, 0.2) is 5.78 Å². The summed E-state index contributed by atoms with van der Waals surface area (Å²) in [5.74, 6) is -0.614. The first-order chi connectivity index (χ1) is 15.3. The number of sulfonamides is 1. The van der Waals surface area contributed by atoms with Gasteiger partial charge in [-0.25, -0.2) is 12.8 Å². The Morgan fingerprint density at radius 2 is 1.91 bits per heavy atom. The molecule has 5 nitrogen and oxygen atoms in total. The molecular formula is C24H22ClFN2O3S. The molecule has 0 spiro atoms. The monoisotopic (exact) mass is 472 g/mol. The van der Waals surface area contributed by atoms with Crippen LogP contribution in [0.2, 0.25) is 5.02 Å². The fourth-order valence-corrected chi connectivity index (χ4v) is 5.75. The maximum Gasteiger partial charge on any atom is 0.243 e. The lowest BCUT2D eigenvalue weighted by atomic mass is 10.00. The summed E-state index contributed by atoms with van der Waals surface area (Å²) in [5, 5.41) is 0.562. The van der Waals surface area contributed by atoms with Crippen LogP contribution in [0, 0.1) is 5.82 Å². The molecule has 0 bridgehead atoms. The summed E-state index contributed by atoms with van der Waals surface area (Å²) >= 11 is 5.90. The number of carbonyl (C=O) groups is 1. The van der Waals surface area contributed by atoms with Crippen LogP contribution < -0.4 is 0 Å². The molecule has 4 rings (SSSR count). The van der Waals surface area contributed by atoms with Crippen LogP contribution in [0.1, 0.15) is 24.8 Å². The van der Waals surface area contributed by atoms with Crippen LogP contribution in [0.3, 0.4) is 0 Å². The van der Waals surface area contributed by atoms with E-state index in [2.05, 4.69) is 4.98 Å². The van der Waals surface area contributed by atoms with Gasteiger partial charge in [-0.05, 0) is 67.3 Å². The van der Waals surface area contributed by atoms with Gasteiger partial charge in [0.25, 0.3) is 0 Å². The number of rotatable bonds is 7. The standard InChI is InChI=1S/C24H22ClFN2O3S/c25-19-7-12-22(27-16-19)18-4-1-3-17(15-18)6-13-24(29)23-5-2-14-28(23)32(30,31)21-10-8-20(26)9-11-21/h1,3-4,7-12,15-16,23H,2,5-6,13-14H2/t23-/m0/s1. The quantitative estimate of drug-likeness (QED) is 0.490. The zero-order valence-corrected chi connectivity index (χ0v) is 18.8. The number of halogens is 2. The van der Waals surface area contributed by atoms with E-state index in [1.54, 1.807) is 12.3 Å². The van der Waals surface area contributed by atoms with Crippen molar-refractivity contribution >= 4 is 27.4 Å². The Hall–Kier alpha value is -2.61. The minimum absolute atomic E-state index is 0.00163. The molecule has 0 radical (unpaired) electrons. The van der Waals surface area contributed by atoms with Gasteiger partial charge in [0.1, 0.15) is 5.82 Å². The van der Waals surface area contributed by atoms with Crippen LogP contribution in [0.4, 0.5) is 4.39 Å². The predicted octanol–water partition coefficient (Wildman–Crippen LogP) is 4.90. The zero-order valence-electron chi connectivity index (χ0n) is 17.2. The van der Waals surface area contributed by atoms with E-state index in [1.807, 2.05) is 30.3 Å². The lowest BCUT2D eigenvalue weighted by Crippen LogP contribution is -2.40. The summed E-state index contributed by atoms with van der Waals surface area (Å²) < 4.78 is 40.5. The number of hydrogen-bond donors (Lipinski definition) is 0. The number of benzene rings is 2. The van der Waals surface area contributed by atoms with Crippen LogP contribution in [0.5, 0.6) is 0 Å². The van der Waals surface area contributed by atoms with Gasteiger partial charge in [0.2, 0.25) is 10.0 Å². The third-order valence-corrected chi connectivity index (χ3v) is 7.75. The number of aryl methyl sites for hydroxylation is 1. The highest BCUT2D eigenvalue weighted by Gasteiger charge is 2.38. The second-order valence-electron chi connectivity index (χ2n) is 7.76. The highest BCUT2D eigenvalue weighted by molar-refractivity contribution is 7.89. The van der Waals surface area contributed by atoms with Gasteiger partial charge < -0.3 is 0 Å². The molecule has 1 atom stereocenters. The van der Waals surface area contributed by atoms with E-state index < -0.39 is 21.9 Å².